The Morgan fingerprint density at radius 2 is 1.91 bits per heavy atom. The third-order valence-electron chi connectivity index (χ3n) is 5.42. The van der Waals surface area contributed by atoms with Crippen molar-refractivity contribution in [1.29, 1.82) is 5.26 Å². The molecule has 0 bridgehead atoms. The van der Waals surface area contributed by atoms with Crippen molar-refractivity contribution in [1.82, 2.24) is 9.55 Å². The zero-order valence-corrected chi connectivity index (χ0v) is 18.6. The second-order valence-corrected chi connectivity index (χ2v) is 8.67. The average Bonchev–Trinajstić information content (AvgIpc) is 3.11. The molecule has 6 nitrogen and oxygen atoms in total. The van der Waals surface area contributed by atoms with E-state index >= 15 is 0 Å². The zero-order chi connectivity index (χ0) is 22.7. The minimum Gasteiger partial charge on any atom is -0.461 e. The summed E-state index contributed by atoms with van der Waals surface area (Å²) < 4.78 is 6.83. The highest BCUT2D eigenvalue weighted by Crippen LogP contribution is 2.25. The first-order valence-corrected chi connectivity index (χ1v) is 11.0. The lowest BCUT2D eigenvalue weighted by Gasteiger charge is -2.08. The van der Waals surface area contributed by atoms with Gasteiger partial charge in [0.25, 0.3) is 5.56 Å². The van der Waals surface area contributed by atoms with Crippen LogP contribution in [0.15, 0.2) is 59.7 Å². The number of hydrogen-bond acceptors (Lipinski definition) is 6. The maximum Gasteiger partial charge on any atom is 0.307 e. The van der Waals surface area contributed by atoms with Gasteiger partial charge in [-0.15, -0.1) is 11.3 Å². The van der Waals surface area contributed by atoms with Gasteiger partial charge in [-0.25, -0.2) is 4.98 Å². The van der Waals surface area contributed by atoms with Crippen molar-refractivity contribution in [3.05, 3.63) is 86.8 Å². The summed E-state index contributed by atoms with van der Waals surface area (Å²) in [7, 11) is 0. The Labute approximate surface area is 189 Å². The number of nitriles is 1. The molecule has 0 saturated heterocycles. The minimum absolute atomic E-state index is 0.0862. The van der Waals surface area contributed by atoms with Crippen LogP contribution in [-0.4, -0.2) is 15.5 Å². The first-order chi connectivity index (χ1) is 15.5. The normalized spacial score (nSPS) is 10.8. The molecular formula is C25H21N3O3S. The van der Waals surface area contributed by atoms with Gasteiger partial charge < -0.3 is 4.74 Å². The molecule has 0 amide bonds. The van der Waals surface area contributed by atoms with E-state index in [-0.39, 0.29) is 31.1 Å². The Hall–Kier alpha value is -3.76. The molecule has 7 heteroatoms. The maximum atomic E-state index is 12.7. The van der Waals surface area contributed by atoms with Gasteiger partial charge in [-0.05, 0) is 42.2 Å². The number of rotatable bonds is 6. The molecule has 160 valence electrons. The number of aromatic nitrogens is 2. The van der Waals surface area contributed by atoms with Crippen molar-refractivity contribution in [2.75, 3.05) is 0 Å². The van der Waals surface area contributed by atoms with Gasteiger partial charge in [0.05, 0.1) is 29.8 Å². The van der Waals surface area contributed by atoms with Crippen molar-refractivity contribution in [3.8, 4) is 17.2 Å². The number of nitrogens with zero attached hydrogens (tertiary/aromatic N) is 3. The summed E-state index contributed by atoms with van der Waals surface area (Å²) in [5, 5.41) is 9.89. The summed E-state index contributed by atoms with van der Waals surface area (Å²) in [5.41, 5.74) is 4.07. The fraction of sp³-hybridized carbons (Fsp3) is 0.200. The fourth-order valence-electron chi connectivity index (χ4n) is 3.49. The lowest BCUT2D eigenvalue weighted by atomic mass is 9.99. The fourth-order valence-corrected chi connectivity index (χ4v) is 4.48. The van der Waals surface area contributed by atoms with Crippen molar-refractivity contribution in [2.45, 2.75) is 33.4 Å². The Morgan fingerprint density at radius 3 is 2.66 bits per heavy atom. The Kier molecular flexibility index (Phi) is 6.15. The molecule has 2 heterocycles. The van der Waals surface area contributed by atoms with Crippen LogP contribution in [0.5, 0.6) is 0 Å². The number of benzene rings is 2. The largest absolute Gasteiger partial charge is 0.461 e. The summed E-state index contributed by atoms with van der Waals surface area (Å²) >= 11 is 1.50. The Morgan fingerprint density at radius 1 is 1.16 bits per heavy atom. The third kappa shape index (κ3) is 4.32. The number of aryl methyl sites for hydroxylation is 3. The molecule has 0 N–H and O–H groups in total. The molecule has 2 aromatic heterocycles. The van der Waals surface area contributed by atoms with E-state index in [1.54, 1.807) is 6.07 Å². The summed E-state index contributed by atoms with van der Waals surface area (Å²) in [5.74, 6) is -0.380. The van der Waals surface area contributed by atoms with E-state index in [1.807, 2.05) is 56.3 Å². The van der Waals surface area contributed by atoms with Crippen molar-refractivity contribution in [3.63, 3.8) is 0 Å². The van der Waals surface area contributed by atoms with Gasteiger partial charge >= 0.3 is 5.97 Å². The van der Waals surface area contributed by atoms with Crippen molar-refractivity contribution >= 4 is 27.5 Å². The van der Waals surface area contributed by atoms with Gasteiger partial charge in [0, 0.05) is 11.4 Å². The van der Waals surface area contributed by atoms with Gasteiger partial charge in [-0.2, -0.15) is 5.26 Å². The molecule has 2 aromatic carbocycles. The van der Waals surface area contributed by atoms with E-state index < -0.39 is 0 Å². The van der Waals surface area contributed by atoms with Gasteiger partial charge in [0.1, 0.15) is 11.4 Å². The second-order valence-electron chi connectivity index (χ2n) is 7.47. The van der Waals surface area contributed by atoms with Crippen LogP contribution in [0.2, 0.25) is 0 Å². The number of carbonyl (C=O) groups excluding carboxylic acids is 1. The number of hydrogen-bond donors (Lipinski definition) is 0. The van der Waals surface area contributed by atoms with E-state index in [9.17, 15) is 14.9 Å². The maximum absolute atomic E-state index is 12.7. The second kappa shape index (κ2) is 9.16. The van der Waals surface area contributed by atoms with E-state index in [0.29, 0.717) is 10.9 Å². The number of ether oxygens (including phenoxy) is 1. The molecular weight excluding hydrogens is 422 g/mol. The number of thiophene rings is 1. The topological polar surface area (TPSA) is 85.0 Å². The minimum atomic E-state index is -0.380. The van der Waals surface area contributed by atoms with E-state index in [4.69, 9.17) is 4.74 Å². The lowest BCUT2D eigenvalue weighted by molar-refractivity contribution is -0.145. The van der Waals surface area contributed by atoms with Gasteiger partial charge in [0.15, 0.2) is 0 Å². The smallest absolute Gasteiger partial charge is 0.307 e. The predicted molar refractivity (Wildman–Crippen MR) is 124 cm³/mol. The highest BCUT2D eigenvalue weighted by molar-refractivity contribution is 7.18. The van der Waals surface area contributed by atoms with Crippen LogP contribution in [0.3, 0.4) is 0 Å². The number of esters is 1. The molecule has 0 spiro atoms. The molecule has 0 aliphatic heterocycles. The van der Waals surface area contributed by atoms with Gasteiger partial charge in [-0.1, -0.05) is 42.5 Å². The monoisotopic (exact) mass is 443 g/mol. The third-order valence-corrected chi connectivity index (χ3v) is 6.54. The van der Waals surface area contributed by atoms with Crippen LogP contribution in [0.4, 0.5) is 0 Å². The Bertz CT molecular complexity index is 1390. The van der Waals surface area contributed by atoms with Crippen LogP contribution >= 0.6 is 11.3 Å². The van der Waals surface area contributed by atoms with Gasteiger partial charge in [-0.3, -0.25) is 14.2 Å². The van der Waals surface area contributed by atoms with Crippen LogP contribution in [0.1, 0.15) is 28.0 Å². The molecule has 0 unspecified atom stereocenters. The van der Waals surface area contributed by atoms with Crippen LogP contribution < -0.4 is 5.56 Å². The summed E-state index contributed by atoms with van der Waals surface area (Å²) in [6, 6.07) is 17.2. The van der Waals surface area contributed by atoms with Gasteiger partial charge in [0.2, 0.25) is 0 Å². The molecule has 4 aromatic rings. The molecule has 4 rings (SSSR count). The van der Waals surface area contributed by atoms with E-state index in [2.05, 4.69) is 11.1 Å². The molecule has 0 saturated carbocycles. The average molecular weight is 444 g/mol. The molecule has 0 atom stereocenters. The first-order valence-electron chi connectivity index (χ1n) is 10.2. The van der Waals surface area contributed by atoms with Crippen molar-refractivity contribution < 1.29 is 9.53 Å². The lowest BCUT2D eigenvalue weighted by Crippen LogP contribution is -2.22. The summed E-state index contributed by atoms with van der Waals surface area (Å²) in [4.78, 5) is 31.1. The quantitative estimate of drug-likeness (QED) is 0.402. The number of carbonyl (C=O) groups is 1. The highest BCUT2D eigenvalue weighted by atomic mass is 32.1. The molecule has 32 heavy (non-hydrogen) atoms. The van der Waals surface area contributed by atoms with Crippen LogP contribution in [0, 0.1) is 25.2 Å². The molecule has 0 aliphatic rings. The standard InChI is InChI=1S/C25H21N3O3S/c1-16-17(2)32-24-23(16)25(30)28(15-27-24)12-11-22(29)31-14-18-7-9-19(10-8-18)21-6-4-3-5-20(21)13-26/h3-10,15H,11-12,14H2,1-2H3. The van der Waals surface area contributed by atoms with E-state index in [0.717, 1.165) is 32.0 Å². The first kappa shape index (κ1) is 21.5. The zero-order valence-electron chi connectivity index (χ0n) is 17.8. The van der Waals surface area contributed by atoms with Crippen LogP contribution in [0.25, 0.3) is 21.3 Å². The molecule has 0 fully saturated rings. The van der Waals surface area contributed by atoms with Crippen molar-refractivity contribution in [2.24, 2.45) is 0 Å². The predicted octanol–water partition coefficient (Wildman–Crippen LogP) is 4.75. The van der Waals surface area contributed by atoms with E-state index in [1.165, 1.54) is 22.2 Å². The summed E-state index contributed by atoms with van der Waals surface area (Å²) in [6.45, 7) is 4.25. The SMILES string of the molecule is Cc1sc2ncn(CCC(=O)OCc3ccc(-c4ccccc4C#N)cc3)c(=O)c2c1C. The highest BCUT2D eigenvalue weighted by Gasteiger charge is 2.13. The molecule has 0 radical (unpaired) electrons. The number of fused-ring (bicyclic) bond motifs is 1. The Balaban J connectivity index is 1.36. The van der Waals surface area contributed by atoms with Crippen LogP contribution in [-0.2, 0) is 22.7 Å². The molecule has 0 aliphatic carbocycles. The summed E-state index contributed by atoms with van der Waals surface area (Å²) in [6.07, 6.45) is 1.58.